The summed E-state index contributed by atoms with van der Waals surface area (Å²) < 4.78 is 13.6. The quantitative estimate of drug-likeness (QED) is 0.524. The predicted molar refractivity (Wildman–Crippen MR) is 122 cm³/mol. The molecule has 0 bridgehead atoms. The number of hydrogen-bond donors (Lipinski definition) is 2. The molecule has 10 heteroatoms. The SMILES string of the molecule is COc1cc(OC)c(-c2cn3ccc(N4CCC(NC(=O)CCN)C4)nc3n2)cc1Br. The van der Waals surface area contributed by atoms with Crippen molar-refractivity contribution in [3.05, 3.63) is 35.1 Å². The van der Waals surface area contributed by atoms with Crippen LogP contribution in [-0.2, 0) is 4.79 Å². The van der Waals surface area contributed by atoms with E-state index >= 15 is 0 Å². The molecule has 1 fully saturated rings. The third kappa shape index (κ3) is 4.45. The number of halogens is 1. The number of nitrogens with one attached hydrogen (secondary N) is 1. The van der Waals surface area contributed by atoms with Crippen molar-refractivity contribution in [3.63, 3.8) is 0 Å². The molecular weight excluding hydrogens is 464 g/mol. The number of amides is 1. The van der Waals surface area contributed by atoms with Gasteiger partial charge in [-0.3, -0.25) is 9.20 Å². The second-order valence-corrected chi connectivity index (χ2v) is 8.20. The number of rotatable bonds is 7. The van der Waals surface area contributed by atoms with Crippen LogP contribution in [-0.4, -0.2) is 60.2 Å². The average Bonchev–Trinajstić information content (AvgIpc) is 3.40. The van der Waals surface area contributed by atoms with E-state index < -0.39 is 0 Å². The van der Waals surface area contributed by atoms with E-state index in [-0.39, 0.29) is 11.9 Å². The van der Waals surface area contributed by atoms with Crippen LogP contribution < -0.4 is 25.4 Å². The molecule has 0 spiro atoms. The highest BCUT2D eigenvalue weighted by atomic mass is 79.9. The Bertz CT molecular complexity index is 1100. The molecule has 1 unspecified atom stereocenters. The van der Waals surface area contributed by atoms with E-state index in [1.54, 1.807) is 14.2 Å². The lowest BCUT2D eigenvalue weighted by Crippen LogP contribution is -2.38. The van der Waals surface area contributed by atoms with Crippen LogP contribution in [0, 0.1) is 0 Å². The van der Waals surface area contributed by atoms with Crippen molar-refractivity contribution in [1.82, 2.24) is 19.7 Å². The number of aromatic nitrogens is 3. The summed E-state index contributed by atoms with van der Waals surface area (Å²) in [4.78, 5) is 23.4. The molecule has 0 saturated carbocycles. The summed E-state index contributed by atoms with van der Waals surface area (Å²) in [7, 11) is 3.23. The molecular formula is C21H25BrN6O3. The number of ether oxygens (including phenoxy) is 2. The first-order valence-corrected chi connectivity index (χ1v) is 10.8. The van der Waals surface area contributed by atoms with Crippen molar-refractivity contribution in [1.29, 1.82) is 0 Å². The first kappa shape index (κ1) is 21.4. The molecule has 9 nitrogen and oxygen atoms in total. The molecule has 2 aromatic heterocycles. The van der Waals surface area contributed by atoms with Gasteiger partial charge in [0.15, 0.2) is 0 Å². The van der Waals surface area contributed by atoms with Crippen LogP contribution in [0.1, 0.15) is 12.8 Å². The molecule has 3 aromatic rings. The van der Waals surface area contributed by atoms with Gasteiger partial charge >= 0.3 is 0 Å². The van der Waals surface area contributed by atoms with Gasteiger partial charge in [-0.05, 0) is 34.5 Å². The maximum Gasteiger partial charge on any atom is 0.236 e. The molecule has 1 aromatic carbocycles. The van der Waals surface area contributed by atoms with Crippen molar-refractivity contribution in [3.8, 4) is 22.8 Å². The van der Waals surface area contributed by atoms with Gasteiger partial charge in [0.25, 0.3) is 0 Å². The summed E-state index contributed by atoms with van der Waals surface area (Å²) in [5.41, 5.74) is 7.04. The van der Waals surface area contributed by atoms with Crippen molar-refractivity contribution >= 4 is 33.4 Å². The summed E-state index contributed by atoms with van der Waals surface area (Å²) in [6.07, 6.45) is 5.09. The number of fused-ring (bicyclic) bond motifs is 1. The molecule has 1 aliphatic rings. The highest BCUT2D eigenvalue weighted by Crippen LogP contribution is 2.38. The Labute approximate surface area is 188 Å². The molecule has 4 rings (SSSR count). The van der Waals surface area contributed by atoms with Gasteiger partial charge in [0, 0.05) is 56.1 Å². The van der Waals surface area contributed by atoms with E-state index in [0.29, 0.717) is 36.8 Å². The van der Waals surface area contributed by atoms with Gasteiger partial charge < -0.3 is 25.4 Å². The fourth-order valence-electron chi connectivity index (χ4n) is 3.75. The Hall–Kier alpha value is -2.85. The van der Waals surface area contributed by atoms with E-state index in [2.05, 4.69) is 26.1 Å². The fourth-order valence-corrected chi connectivity index (χ4v) is 4.25. The van der Waals surface area contributed by atoms with Gasteiger partial charge in [0.2, 0.25) is 11.7 Å². The Kier molecular flexibility index (Phi) is 6.28. The molecule has 3 N–H and O–H groups in total. The van der Waals surface area contributed by atoms with Gasteiger partial charge in [-0.1, -0.05) is 0 Å². The summed E-state index contributed by atoms with van der Waals surface area (Å²) >= 11 is 3.53. The number of methoxy groups -OCH3 is 2. The van der Waals surface area contributed by atoms with E-state index in [1.807, 2.05) is 35.0 Å². The van der Waals surface area contributed by atoms with E-state index in [0.717, 1.165) is 34.5 Å². The maximum atomic E-state index is 11.8. The molecule has 1 saturated heterocycles. The number of carbonyl (C=O) groups is 1. The summed E-state index contributed by atoms with van der Waals surface area (Å²) in [5.74, 6) is 2.78. The highest BCUT2D eigenvalue weighted by Gasteiger charge is 2.25. The minimum atomic E-state index is -0.00439. The lowest BCUT2D eigenvalue weighted by atomic mass is 10.1. The standard InChI is InChI=1S/C21H25BrN6O3/c1-30-17-10-18(31-2)15(22)9-14(17)16-12-28-8-5-19(26-21(28)25-16)27-7-4-13(11-27)24-20(29)3-6-23/h5,8-10,12-13H,3-4,6-7,11,23H2,1-2H3,(H,24,29). The Balaban J connectivity index is 1.57. The van der Waals surface area contributed by atoms with Crippen LogP contribution in [0.25, 0.3) is 17.0 Å². The van der Waals surface area contributed by atoms with Gasteiger partial charge in [-0.2, -0.15) is 4.98 Å². The van der Waals surface area contributed by atoms with Gasteiger partial charge in [-0.25, -0.2) is 4.98 Å². The number of hydrogen-bond acceptors (Lipinski definition) is 7. The number of nitrogens with zero attached hydrogens (tertiary/aromatic N) is 4. The largest absolute Gasteiger partial charge is 0.496 e. The lowest BCUT2D eigenvalue weighted by Gasteiger charge is -2.17. The Morgan fingerprint density at radius 1 is 1.29 bits per heavy atom. The fraction of sp³-hybridized carbons (Fsp3) is 0.381. The van der Waals surface area contributed by atoms with Crippen molar-refractivity contribution in [2.45, 2.75) is 18.9 Å². The highest BCUT2D eigenvalue weighted by molar-refractivity contribution is 9.10. The molecule has 3 heterocycles. The average molecular weight is 489 g/mol. The van der Waals surface area contributed by atoms with Gasteiger partial charge in [-0.15, -0.1) is 0 Å². The zero-order chi connectivity index (χ0) is 22.0. The molecule has 31 heavy (non-hydrogen) atoms. The number of benzene rings is 1. The minimum Gasteiger partial charge on any atom is -0.496 e. The first-order chi connectivity index (χ1) is 15.0. The van der Waals surface area contributed by atoms with Crippen LogP contribution in [0.15, 0.2) is 35.1 Å². The van der Waals surface area contributed by atoms with E-state index in [4.69, 9.17) is 25.2 Å². The van der Waals surface area contributed by atoms with Crippen molar-refractivity contribution < 1.29 is 14.3 Å². The predicted octanol–water partition coefficient (Wildman–Crippen LogP) is 2.22. The number of nitrogens with two attached hydrogens (primary N) is 1. The first-order valence-electron chi connectivity index (χ1n) is 10.0. The zero-order valence-corrected chi connectivity index (χ0v) is 19.1. The second kappa shape index (κ2) is 9.11. The number of anilines is 1. The number of imidazole rings is 1. The van der Waals surface area contributed by atoms with Crippen LogP contribution >= 0.6 is 15.9 Å². The second-order valence-electron chi connectivity index (χ2n) is 7.34. The van der Waals surface area contributed by atoms with Crippen LogP contribution in [0.2, 0.25) is 0 Å². The third-order valence-electron chi connectivity index (χ3n) is 5.31. The number of carbonyl (C=O) groups excluding carboxylic acids is 1. The monoisotopic (exact) mass is 488 g/mol. The Morgan fingerprint density at radius 3 is 2.84 bits per heavy atom. The van der Waals surface area contributed by atoms with Crippen molar-refractivity contribution in [2.24, 2.45) is 5.73 Å². The maximum absolute atomic E-state index is 11.8. The lowest BCUT2D eigenvalue weighted by molar-refractivity contribution is -0.121. The molecule has 164 valence electrons. The zero-order valence-electron chi connectivity index (χ0n) is 17.5. The summed E-state index contributed by atoms with van der Waals surface area (Å²) in [6.45, 7) is 1.90. The topological polar surface area (TPSA) is 107 Å². The Morgan fingerprint density at radius 2 is 2.10 bits per heavy atom. The summed E-state index contributed by atoms with van der Waals surface area (Å²) in [6, 6.07) is 5.82. The van der Waals surface area contributed by atoms with E-state index in [1.165, 1.54) is 0 Å². The van der Waals surface area contributed by atoms with Gasteiger partial charge in [0.05, 0.1) is 24.4 Å². The molecule has 0 radical (unpaired) electrons. The smallest absolute Gasteiger partial charge is 0.236 e. The molecule has 0 aliphatic carbocycles. The minimum absolute atomic E-state index is 0.00439. The van der Waals surface area contributed by atoms with Crippen molar-refractivity contribution in [2.75, 3.05) is 38.8 Å². The van der Waals surface area contributed by atoms with E-state index in [9.17, 15) is 4.79 Å². The van der Waals surface area contributed by atoms with Crippen LogP contribution in [0.3, 0.4) is 0 Å². The molecule has 1 atom stereocenters. The molecule has 1 amide bonds. The third-order valence-corrected chi connectivity index (χ3v) is 5.93. The van der Waals surface area contributed by atoms with Gasteiger partial charge in [0.1, 0.15) is 17.3 Å². The van der Waals surface area contributed by atoms with Crippen LogP contribution in [0.4, 0.5) is 5.82 Å². The molecule has 1 aliphatic heterocycles. The summed E-state index contributed by atoms with van der Waals surface area (Å²) in [5, 5.41) is 3.03. The van der Waals surface area contributed by atoms with Crippen LogP contribution in [0.5, 0.6) is 11.5 Å². The normalized spacial score (nSPS) is 16.0.